The lowest BCUT2D eigenvalue weighted by atomic mass is 10.0. The predicted octanol–water partition coefficient (Wildman–Crippen LogP) is 6.32. The van der Waals surface area contributed by atoms with Gasteiger partial charge in [0.15, 0.2) is 6.20 Å². The molecule has 0 N–H and O–H groups in total. The second-order valence-electron chi connectivity index (χ2n) is 6.84. The molecule has 2 heteroatoms. The molecule has 1 nitrogen and oxygen atoms in total. The minimum Gasteiger partial charge on any atom is -0.200 e. The number of thiophene rings is 1. The van der Waals surface area contributed by atoms with Gasteiger partial charge in [0.2, 0.25) is 5.69 Å². The highest BCUT2D eigenvalue weighted by atomic mass is 32.1. The van der Waals surface area contributed by atoms with Gasteiger partial charge >= 0.3 is 0 Å². The Kier molecular flexibility index (Phi) is 2.74. The van der Waals surface area contributed by atoms with E-state index < -0.39 is 6.85 Å². The number of fused-ring (bicyclic) bond motifs is 5. The molecule has 0 radical (unpaired) electrons. The van der Waals surface area contributed by atoms with Crippen LogP contribution in [0.5, 0.6) is 0 Å². The van der Waals surface area contributed by atoms with Crippen LogP contribution >= 0.6 is 11.3 Å². The van der Waals surface area contributed by atoms with Crippen molar-refractivity contribution in [2.24, 2.45) is 7.05 Å². The minimum absolute atomic E-state index is 0.385. The normalized spacial score (nSPS) is 13.8. The largest absolute Gasteiger partial charge is 0.213 e. The number of rotatable bonds is 1. The van der Waals surface area contributed by atoms with Crippen LogP contribution in [-0.4, -0.2) is 0 Å². The van der Waals surface area contributed by atoms with Gasteiger partial charge in [0.1, 0.15) is 7.05 Å². The SMILES string of the molecule is [2H]C([2H])([2H])c1ccc2c(ccc3sc4cc(-c5ccccc5C)[n+](C)cc4c32)c1. The van der Waals surface area contributed by atoms with Crippen LogP contribution in [0.15, 0.2) is 66.9 Å². The van der Waals surface area contributed by atoms with E-state index in [1.165, 1.54) is 37.0 Å². The van der Waals surface area contributed by atoms with E-state index in [4.69, 9.17) is 4.11 Å². The van der Waals surface area contributed by atoms with Crippen LogP contribution < -0.4 is 4.57 Å². The van der Waals surface area contributed by atoms with Gasteiger partial charge in [0.25, 0.3) is 0 Å². The van der Waals surface area contributed by atoms with Crippen molar-refractivity contribution in [2.45, 2.75) is 13.8 Å². The van der Waals surface area contributed by atoms with Gasteiger partial charge in [0, 0.05) is 30.5 Å². The van der Waals surface area contributed by atoms with Crippen LogP contribution in [0.4, 0.5) is 0 Å². The Balaban J connectivity index is 1.80. The zero-order valence-corrected chi connectivity index (χ0v) is 15.5. The van der Waals surface area contributed by atoms with Gasteiger partial charge in [-0.2, -0.15) is 0 Å². The van der Waals surface area contributed by atoms with Crippen molar-refractivity contribution < 1.29 is 8.68 Å². The average molecular weight is 358 g/mol. The first kappa shape index (κ1) is 12.6. The fourth-order valence-electron chi connectivity index (χ4n) is 3.82. The van der Waals surface area contributed by atoms with E-state index >= 15 is 0 Å². The molecule has 0 spiro atoms. The van der Waals surface area contributed by atoms with Gasteiger partial charge in [-0.05, 0) is 42.2 Å². The average Bonchev–Trinajstić information content (AvgIpc) is 3.04. The number of hydrogen-bond acceptors (Lipinski definition) is 1. The highest BCUT2D eigenvalue weighted by Gasteiger charge is 2.18. The second-order valence-corrected chi connectivity index (χ2v) is 7.92. The predicted molar refractivity (Wildman–Crippen MR) is 113 cm³/mol. The monoisotopic (exact) mass is 357 g/mol. The van der Waals surface area contributed by atoms with Crippen molar-refractivity contribution in [2.75, 3.05) is 0 Å². The first-order valence-electron chi connectivity index (χ1n) is 10.2. The number of hydrogen-bond donors (Lipinski definition) is 0. The van der Waals surface area contributed by atoms with E-state index in [0.29, 0.717) is 5.56 Å². The smallest absolute Gasteiger partial charge is 0.200 e. The van der Waals surface area contributed by atoms with Crippen LogP contribution in [0.25, 0.3) is 42.2 Å². The molecule has 0 bridgehead atoms. The van der Waals surface area contributed by atoms with Crippen molar-refractivity contribution in [3.63, 3.8) is 0 Å². The first-order valence-corrected chi connectivity index (χ1v) is 9.50. The Morgan fingerprint density at radius 3 is 2.65 bits per heavy atom. The van der Waals surface area contributed by atoms with Crippen LogP contribution in [0, 0.1) is 13.8 Å². The van der Waals surface area contributed by atoms with Crippen molar-refractivity contribution in [1.82, 2.24) is 0 Å². The molecule has 0 saturated heterocycles. The molecular weight excluding hydrogens is 334 g/mol. The van der Waals surface area contributed by atoms with Crippen molar-refractivity contribution in [1.29, 1.82) is 0 Å². The first-order chi connectivity index (χ1) is 13.8. The molecule has 2 aromatic heterocycles. The Bertz CT molecular complexity index is 1410. The maximum absolute atomic E-state index is 7.70. The summed E-state index contributed by atoms with van der Waals surface area (Å²) in [7, 11) is 2.09. The van der Waals surface area contributed by atoms with Crippen LogP contribution in [0.2, 0.25) is 0 Å². The van der Waals surface area contributed by atoms with Gasteiger partial charge < -0.3 is 0 Å². The lowest BCUT2D eigenvalue weighted by Crippen LogP contribution is -2.30. The number of nitrogens with zero attached hydrogens (tertiary/aromatic N) is 1. The van der Waals surface area contributed by atoms with Gasteiger partial charge in [-0.3, -0.25) is 0 Å². The molecule has 0 atom stereocenters. The standard InChI is InChI=1S/C24H20NS/c1-15-8-10-19-17(12-15)9-11-22-24(19)20-14-25(3)21(13-23(20)26-22)18-7-5-4-6-16(18)2/h4-14H,1-3H3/q+1/i1D3. The minimum atomic E-state index is -2.09. The van der Waals surface area contributed by atoms with E-state index in [9.17, 15) is 0 Å². The fourth-order valence-corrected chi connectivity index (χ4v) is 4.95. The molecule has 2 heterocycles. The molecule has 0 aliphatic carbocycles. The Hall–Kier alpha value is -2.71. The molecule has 126 valence electrons. The second kappa shape index (κ2) is 5.65. The Morgan fingerprint density at radius 1 is 0.923 bits per heavy atom. The number of benzene rings is 3. The zero-order valence-electron chi connectivity index (χ0n) is 17.7. The number of aromatic nitrogens is 1. The van der Waals surface area contributed by atoms with Crippen LogP contribution in [0.1, 0.15) is 15.2 Å². The number of aryl methyl sites for hydroxylation is 3. The molecule has 3 aromatic carbocycles. The summed E-state index contributed by atoms with van der Waals surface area (Å²) in [5, 5.41) is 4.48. The van der Waals surface area contributed by atoms with E-state index in [0.717, 1.165) is 10.8 Å². The van der Waals surface area contributed by atoms with E-state index in [1.807, 2.05) is 12.1 Å². The molecule has 0 fully saturated rings. The number of pyridine rings is 1. The third-order valence-electron chi connectivity index (χ3n) is 5.13. The molecule has 26 heavy (non-hydrogen) atoms. The van der Waals surface area contributed by atoms with Crippen molar-refractivity contribution >= 4 is 42.3 Å². The lowest BCUT2D eigenvalue weighted by molar-refractivity contribution is -0.659. The summed E-state index contributed by atoms with van der Waals surface area (Å²) in [6, 6.07) is 20.3. The Morgan fingerprint density at radius 2 is 1.81 bits per heavy atom. The van der Waals surface area contributed by atoms with Gasteiger partial charge in [-0.25, -0.2) is 4.57 Å². The molecule has 0 aliphatic rings. The third-order valence-corrected chi connectivity index (χ3v) is 6.25. The summed E-state index contributed by atoms with van der Waals surface area (Å²) < 4.78 is 27.7. The molecule has 0 aliphatic heterocycles. The Labute approximate surface area is 161 Å². The molecule has 5 rings (SSSR count). The summed E-state index contributed by atoms with van der Waals surface area (Å²) in [5.41, 5.74) is 4.07. The van der Waals surface area contributed by atoms with Gasteiger partial charge in [0.05, 0.1) is 5.39 Å². The highest BCUT2D eigenvalue weighted by molar-refractivity contribution is 7.26. The van der Waals surface area contributed by atoms with E-state index in [2.05, 4.69) is 61.1 Å². The summed E-state index contributed by atoms with van der Waals surface area (Å²) in [5.74, 6) is 0. The fraction of sp³-hybridized carbons (Fsp3) is 0.125. The van der Waals surface area contributed by atoms with E-state index in [1.54, 1.807) is 23.5 Å². The lowest BCUT2D eigenvalue weighted by Gasteiger charge is -2.05. The quantitative estimate of drug-likeness (QED) is 0.309. The maximum atomic E-state index is 7.70. The van der Waals surface area contributed by atoms with Crippen molar-refractivity contribution in [3.8, 4) is 11.3 Å². The molecule has 5 aromatic rings. The zero-order chi connectivity index (χ0) is 20.3. The molecule has 0 saturated carbocycles. The summed E-state index contributed by atoms with van der Waals surface area (Å²) >= 11 is 1.79. The third kappa shape index (κ3) is 2.26. The maximum Gasteiger partial charge on any atom is 0.213 e. The summed E-state index contributed by atoms with van der Waals surface area (Å²) in [6.07, 6.45) is 2.20. The molecule has 0 amide bonds. The van der Waals surface area contributed by atoms with Gasteiger partial charge in [-0.15, -0.1) is 11.3 Å². The summed E-state index contributed by atoms with van der Waals surface area (Å²) in [6.45, 7) is 0.0508. The van der Waals surface area contributed by atoms with Crippen LogP contribution in [-0.2, 0) is 7.05 Å². The highest BCUT2D eigenvalue weighted by Crippen LogP contribution is 2.39. The molecular formula is C24H20NS+. The van der Waals surface area contributed by atoms with Crippen LogP contribution in [0.3, 0.4) is 0 Å². The van der Waals surface area contributed by atoms with E-state index in [-0.39, 0.29) is 0 Å². The van der Waals surface area contributed by atoms with Gasteiger partial charge in [-0.1, -0.05) is 48.0 Å². The summed E-state index contributed by atoms with van der Waals surface area (Å²) in [4.78, 5) is 0. The molecule has 0 unspecified atom stereocenters. The topological polar surface area (TPSA) is 3.88 Å². The van der Waals surface area contributed by atoms with Crippen molar-refractivity contribution in [3.05, 3.63) is 78.0 Å².